The second-order valence-electron chi connectivity index (χ2n) is 8.59. The topological polar surface area (TPSA) is 51.0 Å². The van der Waals surface area contributed by atoms with Crippen molar-refractivity contribution < 1.29 is 18.0 Å². The standard InChI is InChI=1S/C23H23F3N4O/c1-13-5-8-19-16(10-13)4-3-9-29(19)20(31)12-30-22-21(14(2)28-30)17(23(24,25)26)11-18(27-22)15-6-7-15/h5,8,10-11,15H,3-4,6-7,9,12H2,1-2H3. The van der Waals surface area contributed by atoms with E-state index < -0.39 is 11.7 Å². The molecule has 1 amide bonds. The van der Waals surface area contributed by atoms with Crippen LogP contribution in [0.5, 0.6) is 0 Å². The van der Waals surface area contributed by atoms with Crippen LogP contribution in [-0.2, 0) is 23.9 Å². The van der Waals surface area contributed by atoms with Gasteiger partial charge in [0.05, 0.1) is 16.6 Å². The fraction of sp³-hybridized carbons (Fsp3) is 0.435. The Labute approximate surface area is 177 Å². The molecule has 0 saturated heterocycles. The molecule has 1 saturated carbocycles. The van der Waals surface area contributed by atoms with Crippen molar-refractivity contribution in [3.63, 3.8) is 0 Å². The summed E-state index contributed by atoms with van der Waals surface area (Å²) in [5.41, 5.74) is 3.23. The molecule has 3 aromatic rings. The molecular formula is C23H23F3N4O. The predicted molar refractivity (Wildman–Crippen MR) is 111 cm³/mol. The number of benzene rings is 1. The van der Waals surface area contributed by atoms with Gasteiger partial charge in [0, 0.05) is 23.8 Å². The van der Waals surface area contributed by atoms with Crippen molar-refractivity contribution in [2.75, 3.05) is 11.4 Å². The van der Waals surface area contributed by atoms with Crippen LogP contribution in [0, 0.1) is 13.8 Å². The molecule has 0 bridgehead atoms. The van der Waals surface area contributed by atoms with Gasteiger partial charge in [-0.15, -0.1) is 0 Å². The Morgan fingerprint density at radius 1 is 1.19 bits per heavy atom. The zero-order valence-corrected chi connectivity index (χ0v) is 17.5. The molecule has 2 aliphatic rings. The first-order valence-corrected chi connectivity index (χ1v) is 10.6. The third-order valence-corrected chi connectivity index (χ3v) is 6.14. The second kappa shape index (κ2) is 7.07. The van der Waals surface area contributed by atoms with E-state index in [-0.39, 0.29) is 35.1 Å². The van der Waals surface area contributed by atoms with Crippen LogP contribution in [0.2, 0.25) is 0 Å². The Bertz CT molecular complexity index is 1190. The number of alkyl halides is 3. The maximum Gasteiger partial charge on any atom is 0.417 e. The van der Waals surface area contributed by atoms with Gasteiger partial charge in [0.15, 0.2) is 5.65 Å². The van der Waals surface area contributed by atoms with E-state index in [0.717, 1.165) is 48.6 Å². The number of hydrogen-bond donors (Lipinski definition) is 0. The van der Waals surface area contributed by atoms with Crippen LogP contribution in [0.25, 0.3) is 11.0 Å². The number of rotatable bonds is 3. The highest BCUT2D eigenvalue weighted by Gasteiger charge is 2.38. The van der Waals surface area contributed by atoms with Crippen LogP contribution in [0.3, 0.4) is 0 Å². The maximum atomic E-state index is 13.8. The number of aromatic nitrogens is 3. The van der Waals surface area contributed by atoms with E-state index in [2.05, 4.69) is 16.1 Å². The molecule has 1 fully saturated rings. The number of aryl methyl sites for hydroxylation is 3. The molecule has 5 nitrogen and oxygen atoms in total. The lowest BCUT2D eigenvalue weighted by atomic mass is 9.99. The van der Waals surface area contributed by atoms with E-state index in [1.54, 1.807) is 4.90 Å². The normalized spacial score (nSPS) is 16.6. The maximum absolute atomic E-state index is 13.8. The summed E-state index contributed by atoms with van der Waals surface area (Å²) in [5.74, 6) is -0.136. The minimum atomic E-state index is -4.50. The molecule has 0 N–H and O–H groups in total. The third kappa shape index (κ3) is 3.58. The summed E-state index contributed by atoms with van der Waals surface area (Å²) >= 11 is 0. The van der Waals surface area contributed by atoms with Crippen molar-refractivity contribution in [3.8, 4) is 0 Å². The highest BCUT2D eigenvalue weighted by molar-refractivity contribution is 5.95. The third-order valence-electron chi connectivity index (χ3n) is 6.14. The van der Waals surface area contributed by atoms with Gasteiger partial charge in [0.2, 0.25) is 5.91 Å². The van der Waals surface area contributed by atoms with Gasteiger partial charge in [-0.25, -0.2) is 9.67 Å². The molecule has 0 spiro atoms. The number of anilines is 1. The van der Waals surface area contributed by atoms with Gasteiger partial charge in [0.1, 0.15) is 6.54 Å². The van der Waals surface area contributed by atoms with Crippen molar-refractivity contribution in [1.29, 1.82) is 0 Å². The zero-order chi connectivity index (χ0) is 21.9. The molecule has 0 unspecified atom stereocenters. The lowest BCUT2D eigenvalue weighted by molar-refractivity contribution is -0.136. The quantitative estimate of drug-likeness (QED) is 0.595. The number of halogens is 3. The number of amides is 1. The van der Waals surface area contributed by atoms with Crippen molar-refractivity contribution in [3.05, 3.63) is 52.3 Å². The minimum Gasteiger partial charge on any atom is -0.311 e. The Morgan fingerprint density at radius 3 is 2.68 bits per heavy atom. The molecule has 1 aliphatic heterocycles. The first-order chi connectivity index (χ1) is 14.7. The molecular weight excluding hydrogens is 405 g/mol. The number of carbonyl (C=O) groups is 1. The lowest BCUT2D eigenvalue weighted by Crippen LogP contribution is -2.38. The Morgan fingerprint density at radius 2 is 1.97 bits per heavy atom. The first kappa shape index (κ1) is 20.0. The average molecular weight is 428 g/mol. The van der Waals surface area contributed by atoms with E-state index in [1.807, 2.05) is 19.1 Å². The van der Waals surface area contributed by atoms with Crippen molar-refractivity contribution >= 4 is 22.6 Å². The Kier molecular flexibility index (Phi) is 4.57. The molecule has 1 aromatic carbocycles. The number of carbonyl (C=O) groups excluding carboxylic acids is 1. The molecule has 162 valence electrons. The van der Waals surface area contributed by atoms with Crippen molar-refractivity contribution in [2.24, 2.45) is 0 Å². The second-order valence-corrected chi connectivity index (χ2v) is 8.59. The van der Waals surface area contributed by atoms with Gasteiger partial charge >= 0.3 is 6.18 Å². The fourth-order valence-electron chi connectivity index (χ4n) is 4.49. The summed E-state index contributed by atoms with van der Waals surface area (Å²) in [4.78, 5) is 19.4. The van der Waals surface area contributed by atoms with E-state index in [9.17, 15) is 18.0 Å². The van der Waals surface area contributed by atoms with Crippen LogP contribution >= 0.6 is 0 Å². The van der Waals surface area contributed by atoms with E-state index in [4.69, 9.17) is 0 Å². The molecule has 3 heterocycles. The molecule has 0 radical (unpaired) electrons. The van der Waals surface area contributed by atoms with E-state index >= 15 is 0 Å². The largest absolute Gasteiger partial charge is 0.417 e. The molecule has 2 aromatic heterocycles. The van der Waals surface area contributed by atoms with Crippen LogP contribution in [0.4, 0.5) is 18.9 Å². The van der Waals surface area contributed by atoms with Gasteiger partial charge in [0.25, 0.3) is 0 Å². The number of pyridine rings is 1. The Balaban J connectivity index is 1.55. The summed E-state index contributed by atoms with van der Waals surface area (Å²) in [6.07, 6.45) is -1.07. The highest BCUT2D eigenvalue weighted by atomic mass is 19.4. The fourth-order valence-corrected chi connectivity index (χ4v) is 4.49. The van der Waals surface area contributed by atoms with Crippen LogP contribution < -0.4 is 4.90 Å². The van der Waals surface area contributed by atoms with Gasteiger partial charge in [-0.3, -0.25) is 4.79 Å². The summed E-state index contributed by atoms with van der Waals surface area (Å²) in [6.45, 7) is 3.99. The average Bonchev–Trinajstić information content (AvgIpc) is 3.51. The minimum absolute atomic E-state index is 0.0145. The molecule has 8 heteroatoms. The number of nitrogens with zero attached hydrogens (tertiary/aromatic N) is 4. The van der Waals surface area contributed by atoms with E-state index in [1.165, 1.54) is 11.6 Å². The Hall–Kier alpha value is -2.90. The smallest absolute Gasteiger partial charge is 0.311 e. The van der Waals surface area contributed by atoms with Crippen molar-refractivity contribution in [1.82, 2.24) is 14.8 Å². The van der Waals surface area contributed by atoms with Gasteiger partial charge in [-0.1, -0.05) is 17.7 Å². The summed E-state index contributed by atoms with van der Waals surface area (Å²) < 4.78 is 42.7. The lowest BCUT2D eigenvalue weighted by Gasteiger charge is -2.29. The van der Waals surface area contributed by atoms with Crippen molar-refractivity contribution in [2.45, 2.75) is 58.2 Å². The zero-order valence-electron chi connectivity index (χ0n) is 17.5. The van der Waals surface area contributed by atoms with Gasteiger partial charge < -0.3 is 4.90 Å². The molecule has 1 aliphatic carbocycles. The SMILES string of the molecule is Cc1ccc2c(c1)CCCN2C(=O)Cn1nc(C)c2c(C(F)(F)F)cc(C3CC3)nc21. The monoisotopic (exact) mass is 428 g/mol. The summed E-state index contributed by atoms with van der Waals surface area (Å²) in [5, 5.41) is 4.28. The molecule has 31 heavy (non-hydrogen) atoms. The van der Waals surface area contributed by atoms with Crippen LogP contribution in [0.15, 0.2) is 24.3 Å². The molecule has 5 rings (SSSR count). The van der Waals surface area contributed by atoms with Gasteiger partial charge in [-0.2, -0.15) is 18.3 Å². The number of hydrogen-bond acceptors (Lipinski definition) is 3. The highest BCUT2D eigenvalue weighted by Crippen LogP contribution is 2.43. The predicted octanol–water partition coefficient (Wildman–Crippen LogP) is 4.92. The summed E-state index contributed by atoms with van der Waals surface area (Å²) in [6, 6.07) is 7.15. The first-order valence-electron chi connectivity index (χ1n) is 10.6. The van der Waals surface area contributed by atoms with Crippen LogP contribution in [0.1, 0.15) is 53.3 Å². The van der Waals surface area contributed by atoms with E-state index in [0.29, 0.717) is 12.2 Å². The summed E-state index contributed by atoms with van der Waals surface area (Å²) in [7, 11) is 0. The van der Waals surface area contributed by atoms with Gasteiger partial charge in [-0.05, 0) is 57.2 Å². The van der Waals surface area contributed by atoms with Crippen LogP contribution in [-0.4, -0.2) is 27.2 Å². The molecule has 0 atom stereocenters. The number of fused-ring (bicyclic) bond motifs is 2.